The minimum Gasteiger partial charge on any atom is -0.320 e. The molecule has 0 aliphatic carbocycles. The van der Waals surface area contributed by atoms with Crippen molar-refractivity contribution < 1.29 is 4.79 Å². The summed E-state index contributed by atoms with van der Waals surface area (Å²) < 4.78 is 0. The molecular weight excluding hydrogens is 154 g/mol. The lowest BCUT2D eigenvalue weighted by molar-refractivity contribution is -0.134. The number of nitrogens with zero attached hydrogens (tertiary/aromatic N) is 1. The van der Waals surface area contributed by atoms with Crippen molar-refractivity contribution in [3.05, 3.63) is 0 Å². The van der Waals surface area contributed by atoms with E-state index >= 15 is 0 Å². The van der Waals surface area contributed by atoms with Gasteiger partial charge in [-0.05, 0) is 12.3 Å². The SMILES string of the molecule is CNN(C)C(=O)C(N)CC(C)C. The molecule has 1 amide bonds. The summed E-state index contributed by atoms with van der Waals surface area (Å²) in [4.78, 5) is 11.3. The van der Waals surface area contributed by atoms with Gasteiger partial charge < -0.3 is 5.73 Å². The van der Waals surface area contributed by atoms with Crippen LogP contribution in [0.5, 0.6) is 0 Å². The molecule has 0 bridgehead atoms. The van der Waals surface area contributed by atoms with E-state index in [0.29, 0.717) is 5.92 Å². The smallest absolute Gasteiger partial charge is 0.253 e. The number of hydrazine groups is 1. The largest absolute Gasteiger partial charge is 0.320 e. The van der Waals surface area contributed by atoms with Crippen LogP contribution in [0.25, 0.3) is 0 Å². The number of carbonyl (C=O) groups excluding carboxylic acids is 1. The fraction of sp³-hybridized carbons (Fsp3) is 0.875. The fourth-order valence-corrected chi connectivity index (χ4v) is 0.968. The van der Waals surface area contributed by atoms with E-state index in [1.54, 1.807) is 14.1 Å². The number of amides is 1. The highest BCUT2D eigenvalue weighted by molar-refractivity contribution is 5.80. The summed E-state index contributed by atoms with van der Waals surface area (Å²) in [5.41, 5.74) is 8.39. The van der Waals surface area contributed by atoms with Crippen LogP contribution in [0.15, 0.2) is 0 Å². The molecule has 3 N–H and O–H groups in total. The van der Waals surface area contributed by atoms with E-state index in [0.717, 1.165) is 6.42 Å². The summed E-state index contributed by atoms with van der Waals surface area (Å²) in [5, 5.41) is 1.41. The van der Waals surface area contributed by atoms with E-state index in [2.05, 4.69) is 5.43 Å². The van der Waals surface area contributed by atoms with Gasteiger partial charge in [-0.15, -0.1) is 0 Å². The quantitative estimate of drug-likeness (QED) is 0.586. The molecule has 0 aromatic rings. The molecule has 0 aliphatic rings. The minimum absolute atomic E-state index is 0.0637. The average molecular weight is 173 g/mol. The molecule has 72 valence electrons. The molecule has 0 spiro atoms. The summed E-state index contributed by atoms with van der Waals surface area (Å²) in [6.45, 7) is 4.10. The molecule has 0 fully saturated rings. The highest BCUT2D eigenvalue weighted by Gasteiger charge is 2.17. The molecule has 4 nitrogen and oxygen atoms in total. The van der Waals surface area contributed by atoms with E-state index in [1.807, 2.05) is 13.8 Å². The van der Waals surface area contributed by atoms with E-state index in [-0.39, 0.29) is 11.9 Å². The van der Waals surface area contributed by atoms with E-state index in [4.69, 9.17) is 5.73 Å². The molecule has 0 saturated carbocycles. The van der Waals surface area contributed by atoms with Gasteiger partial charge in [-0.25, -0.2) is 5.43 Å². The number of rotatable bonds is 4. The predicted molar refractivity (Wildman–Crippen MR) is 49.3 cm³/mol. The second-order valence-electron chi connectivity index (χ2n) is 3.36. The van der Waals surface area contributed by atoms with E-state index in [9.17, 15) is 4.79 Å². The number of carbonyl (C=O) groups is 1. The Bertz CT molecular complexity index is 147. The molecule has 0 aliphatic heterocycles. The standard InChI is InChI=1S/C8H19N3O/c1-6(2)5-7(9)8(12)11(4)10-3/h6-7,10H,5,9H2,1-4H3. The first-order chi connectivity index (χ1) is 5.49. The second kappa shape index (κ2) is 5.11. The van der Waals surface area contributed by atoms with Gasteiger partial charge in [-0.2, -0.15) is 0 Å². The summed E-state index contributed by atoms with van der Waals surface area (Å²) in [6.07, 6.45) is 0.727. The average Bonchev–Trinajstić information content (AvgIpc) is 2.00. The number of likely N-dealkylation sites (N-methyl/N-ethyl adjacent to an activating group) is 1. The highest BCUT2D eigenvalue weighted by atomic mass is 16.2. The molecule has 12 heavy (non-hydrogen) atoms. The Morgan fingerprint density at radius 3 is 2.42 bits per heavy atom. The van der Waals surface area contributed by atoms with Crippen LogP contribution in [0.4, 0.5) is 0 Å². The Balaban J connectivity index is 3.92. The maximum atomic E-state index is 11.3. The Kier molecular flexibility index (Phi) is 4.85. The normalized spacial score (nSPS) is 13.2. The zero-order valence-electron chi connectivity index (χ0n) is 8.29. The number of hydrogen-bond donors (Lipinski definition) is 2. The number of hydrogen-bond acceptors (Lipinski definition) is 3. The molecule has 0 rings (SSSR count). The lowest BCUT2D eigenvalue weighted by atomic mass is 10.0. The lowest BCUT2D eigenvalue weighted by Gasteiger charge is -2.20. The number of nitrogens with two attached hydrogens (primary N) is 1. The van der Waals surface area contributed by atoms with Crippen molar-refractivity contribution in [2.45, 2.75) is 26.3 Å². The predicted octanol–water partition coefficient (Wildman–Crippen LogP) is -0.0474. The van der Waals surface area contributed by atoms with Gasteiger partial charge in [0.25, 0.3) is 5.91 Å². The zero-order chi connectivity index (χ0) is 9.72. The first-order valence-corrected chi connectivity index (χ1v) is 4.19. The van der Waals surface area contributed by atoms with E-state index in [1.165, 1.54) is 5.01 Å². The van der Waals surface area contributed by atoms with Gasteiger partial charge in [0.1, 0.15) is 0 Å². The molecule has 1 unspecified atom stereocenters. The first-order valence-electron chi connectivity index (χ1n) is 4.19. The summed E-state index contributed by atoms with van der Waals surface area (Å²) in [6, 6.07) is -0.387. The molecule has 0 aromatic carbocycles. The Morgan fingerprint density at radius 2 is 2.08 bits per heavy atom. The van der Waals surface area contributed by atoms with Gasteiger partial charge in [0.2, 0.25) is 0 Å². The zero-order valence-corrected chi connectivity index (χ0v) is 8.29. The summed E-state index contributed by atoms with van der Waals surface area (Å²) >= 11 is 0. The van der Waals surface area contributed by atoms with Crippen molar-refractivity contribution in [1.29, 1.82) is 0 Å². The van der Waals surface area contributed by atoms with Crippen LogP contribution in [0.2, 0.25) is 0 Å². The van der Waals surface area contributed by atoms with Gasteiger partial charge in [0, 0.05) is 14.1 Å². The van der Waals surface area contributed by atoms with Gasteiger partial charge in [0.05, 0.1) is 6.04 Å². The van der Waals surface area contributed by atoms with Crippen molar-refractivity contribution in [3.8, 4) is 0 Å². The van der Waals surface area contributed by atoms with Gasteiger partial charge in [0.15, 0.2) is 0 Å². The Morgan fingerprint density at radius 1 is 1.58 bits per heavy atom. The minimum atomic E-state index is -0.387. The molecule has 4 heteroatoms. The van der Waals surface area contributed by atoms with Crippen LogP contribution < -0.4 is 11.2 Å². The van der Waals surface area contributed by atoms with Crippen LogP contribution in [0, 0.1) is 5.92 Å². The molecule has 0 aromatic heterocycles. The van der Waals surface area contributed by atoms with Crippen molar-refractivity contribution in [1.82, 2.24) is 10.4 Å². The van der Waals surface area contributed by atoms with E-state index < -0.39 is 0 Å². The topological polar surface area (TPSA) is 58.4 Å². The third-order valence-electron chi connectivity index (χ3n) is 1.71. The highest BCUT2D eigenvalue weighted by Crippen LogP contribution is 2.03. The molecule has 0 saturated heterocycles. The first kappa shape index (κ1) is 11.4. The second-order valence-corrected chi connectivity index (χ2v) is 3.36. The Hall–Kier alpha value is -0.610. The fourth-order valence-electron chi connectivity index (χ4n) is 0.968. The van der Waals surface area contributed by atoms with Crippen molar-refractivity contribution in [3.63, 3.8) is 0 Å². The third kappa shape index (κ3) is 3.69. The van der Waals surface area contributed by atoms with Crippen molar-refractivity contribution in [2.24, 2.45) is 11.7 Å². The lowest BCUT2D eigenvalue weighted by Crippen LogP contribution is -2.47. The third-order valence-corrected chi connectivity index (χ3v) is 1.71. The van der Waals surface area contributed by atoms with Crippen molar-refractivity contribution in [2.75, 3.05) is 14.1 Å². The van der Waals surface area contributed by atoms with Gasteiger partial charge in [-0.3, -0.25) is 9.80 Å². The van der Waals surface area contributed by atoms with Crippen LogP contribution in [0.1, 0.15) is 20.3 Å². The molecule has 0 heterocycles. The maximum Gasteiger partial charge on any atom is 0.253 e. The monoisotopic (exact) mass is 173 g/mol. The van der Waals surface area contributed by atoms with Gasteiger partial charge >= 0.3 is 0 Å². The van der Waals surface area contributed by atoms with Crippen LogP contribution in [-0.4, -0.2) is 31.1 Å². The van der Waals surface area contributed by atoms with Crippen LogP contribution >= 0.6 is 0 Å². The van der Waals surface area contributed by atoms with Crippen LogP contribution in [-0.2, 0) is 4.79 Å². The van der Waals surface area contributed by atoms with Crippen LogP contribution in [0.3, 0.4) is 0 Å². The summed E-state index contributed by atoms with van der Waals surface area (Å²) in [7, 11) is 3.36. The molecule has 0 radical (unpaired) electrons. The maximum absolute atomic E-state index is 11.3. The van der Waals surface area contributed by atoms with Gasteiger partial charge in [-0.1, -0.05) is 13.8 Å². The van der Waals surface area contributed by atoms with Crippen molar-refractivity contribution >= 4 is 5.91 Å². The number of nitrogens with one attached hydrogen (secondary N) is 1. The molecular formula is C8H19N3O. The summed E-state index contributed by atoms with van der Waals surface area (Å²) in [5.74, 6) is 0.389. The Labute approximate surface area is 74.1 Å². The molecule has 1 atom stereocenters.